The second kappa shape index (κ2) is 7.52. The number of fused-ring (bicyclic) bond motifs is 3. The molecule has 2 heterocycles. The molecule has 1 N–H and O–H groups in total. The predicted molar refractivity (Wildman–Crippen MR) is 111 cm³/mol. The van der Waals surface area contributed by atoms with Crippen LogP contribution in [0, 0.1) is 10.8 Å². The summed E-state index contributed by atoms with van der Waals surface area (Å²) >= 11 is 12.8. The number of rotatable bonds is 7. The molecule has 2 bridgehead atoms. The quantitative estimate of drug-likeness (QED) is 0.596. The van der Waals surface area contributed by atoms with Crippen LogP contribution in [0.3, 0.4) is 0 Å². The van der Waals surface area contributed by atoms with Crippen LogP contribution in [0.15, 0.2) is 16.9 Å². The third kappa shape index (κ3) is 3.60. The zero-order valence-electron chi connectivity index (χ0n) is 16.4. The Morgan fingerprint density at radius 1 is 1.03 bits per heavy atom. The molecular formula is C22H26Cl2N2O3. The van der Waals surface area contributed by atoms with Crippen molar-refractivity contribution < 1.29 is 14.4 Å². The lowest BCUT2D eigenvalue weighted by atomic mass is 9.54. The Hall–Kier alpha value is -1.14. The van der Waals surface area contributed by atoms with E-state index in [1.54, 1.807) is 12.4 Å². The molecule has 5 nitrogen and oxygen atoms in total. The highest BCUT2D eigenvalue weighted by Gasteiger charge is 2.48. The van der Waals surface area contributed by atoms with Crippen LogP contribution in [-0.2, 0) is 11.3 Å². The first-order valence-corrected chi connectivity index (χ1v) is 11.3. The van der Waals surface area contributed by atoms with E-state index in [4.69, 9.17) is 32.5 Å². The van der Waals surface area contributed by atoms with Crippen molar-refractivity contribution in [2.75, 3.05) is 13.2 Å². The standard InChI is InChI=1S/C22H26Cl2N2O3/c23-16-9-25-10-17(24)18(16)19-15(20(29-26-19)14-1-2-14)11-28-13-22-6-3-21(12-27,4-7-22)5-8-22/h9-10,14,27H,1-8,11-13H2. The Balaban J connectivity index is 1.34. The van der Waals surface area contributed by atoms with Gasteiger partial charge in [-0.15, -0.1) is 0 Å². The first-order valence-electron chi connectivity index (χ1n) is 10.5. The molecule has 4 saturated carbocycles. The molecule has 0 spiro atoms. The molecule has 0 amide bonds. The van der Waals surface area contributed by atoms with Crippen LogP contribution in [0.1, 0.15) is 68.6 Å². The topological polar surface area (TPSA) is 68.4 Å². The molecule has 4 fully saturated rings. The van der Waals surface area contributed by atoms with Crippen LogP contribution in [-0.4, -0.2) is 28.5 Å². The minimum atomic E-state index is 0.178. The number of hydrogen-bond acceptors (Lipinski definition) is 5. The van der Waals surface area contributed by atoms with Gasteiger partial charge in [-0.05, 0) is 62.2 Å². The summed E-state index contributed by atoms with van der Waals surface area (Å²) in [4.78, 5) is 4.04. The maximum atomic E-state index is 9.75. The van der Waals surface area contributed by atoms with Gasteiger partial charge in [-0.2, -0.15) is 0 Å². The first kappa shape index (κ1) is 19.8. The second-order valence-electron chi connectivity index (χ2n) is 9.28. The van der Waals surface area contributed by atoms with Crippen molar-refractivity contribution in [3.05, 3.63) is 33.8 Å². The smallest absolute Gasteiger partial charge is 0.145 e. The molecule has 6 rings (SSSR count). The van der Waals surface area contributed by atoms with Crippen LogP contribution in [0.4, 0.5) is 0 Å². The summed E-state index contributed by atoms with van der Waals surface area (Å²) in [5, 5.41) is 15.0. The zero-order valence-corrected chi connectivity index (χ0v) is 17.9. The van der Waals surface area contributed by atoms with E-state index in [-0.39, 0.29) is 10.8 Å². The highest BCUT2D eigenvalue weighted by molar-refractivity contribution is 6.38. The maximum Gasteiger partial charge on any atom is 0.145 e. The third-order valence-electron chi connectivity index (χ3n) is 7.40. The van der Waals surface area contributed by atoms with Crippen molar-refractivity contribution in [2.24, 2.45) is 10.8 Å². The first-order chi connectivity index (χ1) is 14.0. The molecule has 29 heavy (non-hydrogen) atoms. The number of aromatic nitrogens is 2. The van der Waals surface area contributed by atoms with Gasteiger partial charge in [-0.25, -0.2) is 0 Å². The molecule has 0 unspecified atom stereocenters. The SMILES string of the molecule is OCC12CCC(COCc3c(-c4c(Cl)cncc4Cl)noc3C3CC3)(CC1)CC2. The average molecular weight is 437 g/mol. The monoisotopic (exact) mass is 436 g/mol. The Kier molecular flexibility index (Phi) is 5.14. The highest BCUT2D eigenvalue weighted by Crippen LogP contribution is 2.56. The summed E-state index contributed by atoms with van der Waals surface area (Å²) in [6.07, 6.45) is 12.2. The van der Waals surface area contributed by atoms with Gasteiger partial charge in [0.2, 0.25) is 0 Å². The molecule has 4 aliphatic rings. The van der Waals surface area contributed by atoms with Crippen molar-refractivity contribution in [2.45, 2.75) is 63.9 Å². The van der Waals surface area contributed by atoms with E-state index in [2.05, 4.69) is 10.1 Å². The molecule has 2 aromatic rings. The summed E-state index contributed by atoms with van der Waals surface area (Å²) in [6, 6.07) is 0. The summed E-state index contributed by atoms with van der Waals surface area (Å²) in [7, 11) is 0. The van der Waals surface area contributed by atoms with Crippen molar-refractivity contribution in [3.63, 3.8) is 0 Å². The largest absolute Gasteiger partial charge is 0.396 e. The molecular weight excluding hydrogens is 411 g/mol. The number of nitrogens with zero attached hydrogens (tertiary/aromatic N) is 2. The van der Waals surface area contributed by atoms with Gasteiger partial charge in [0, 0.05) is 36.0 Å². The number of ether oxygens (including phenoxy) is 1. The van der Waals surface area contributed by atoms with Gasteiger partial charge >= 0.3 is 0 Å². The van der Waals surface area contributed by atoms with Gasteiger partial charge in [0.25, 0.3) is 0 Å². The van der Waals surface area contributed by atoms with E-state index < -0.39 is 0 Å². The molecule has 156 valence electrons. The fraction of sp³-hybridized carbons (Fsp3) is 0.636. The minimum absolute atomic E-state index is 0.178. The van der Waals surface area contributed by atoms with E-state index in [0.717, 1.165) is 69.3 Å². The van der Waals surface area contributed by atoms with Crippen LogP contribution in [0.2, 0.25) is 10.0 Å². The third-order valence-corrected chi connectivity index (χ3v) is 7.98. The molecule has 0 aliphatic heterocycles. The molecule has 4 aliphatic carbocycles. The Morgan fingerprint density at radius 2 is 1.66 bits per heavy atom. The number of aliphatic hydroxyl groups excluding tert-OH is 1. The Bertz CT molecular complexity index is 865. The van der Waals surface area contributed by atoms with E-state index in [1.807, 2.05) is 0 Å². The summed E-state index contributed by atoms with van der Waals surface area (Å²) in [5.74, 6) is 1.33. The fourth-order valence-corrected chi connectivity index (χ4v) is 5.67. The molecule has 0 saturated heterocycles. The average Bonchev–Trinajstić information content (AvgIpc) is 3.51. The Morgan fingerprint density at radius 3 is 2.24 bits per heavy atom. The minimum Gasteiger partial charge on any atom is -0.396 e. The van der Waals surface area contributed by atoms with Crippen LogP contribution in [0.25, 0.3) is 11.3 Å². The number of halogens is 2. The predicted octanol–water partition coefficient (Wildman–Crippen LogP) is 5.77. The highest BCUT2D eigenvalue weighted by atomic mass is 35.5. The summed E-state index contributed by atoms with van der Waals surface area (Å²) < 4.78 is 12.0. The van der Waals surface area contributed by atoms with Gasteiger partial charge < -0.3 is 14.4 Å². The van der Waals surface area contributed by atoms with Gasteiger partial charge in [-0.1, -0.05) is 28.4 Å². The van der Waals surface area contributed by atoms with E-state index in [0.29, 0.717) is 40.4 Å². The fourth-order valence-electron chi connectivity index (χ4n) is 5.13. The van der Waals surface area contributed by atoms with Crippen LogP contribution < -0.4 is 0 Å². The Labute approximate surface area is 180 Å². The number of hydrogen-bond donors (Lipinski definition) is 1. The summed E-state index contributed by atoms with van der Waals surface area (Å²) in [6.45, 7) is 1.51. The van der Waals surface area contributed by atoms with E-state index in [1.165, 1.54) is 0 Å². The lowest BCUT2D eigenvalue weighted by Crippen LogP contribution is -2.45. The van der Waals surface area contributed by atoms with E-state index >= 15 is 0 Å². The number of aliphatic hydroxyl groups is 1. The molecule has 0 aromatic carbocycles. The van der Waals surface area contributed by atoms with Crippen LogP contribution in [0.5, 0.6) is 0 Å². The van der Waals surface area contributed by atoms with E-state index in [9.17, 15) is 5.11 Å². The van der Waals surface area contributed by atoms with Gasteiger partial charge in [0.1, 0.15) is 11.5 Å². The molecule has 7 heteroatoms. The van der Waals surface area contributed by atoms with Crippen LogP contribution >= 0.6 is 23.2 Å². The summed E-state index contributed by atoms with van der Waals surface area (Å²) in [5.41, 5.74) is 2.74. The van der Waals surface area contributed by atoms with Crippen molar-refractivity contribution >= 4 is 23.2 Å². The van der Waals surface area contributed by atoms with Gasteiger partial charge in [0.15, 0.2) is 0 Å². The molecule has 2 aromatic heterocycles. The normalized spacial score (nSPS) is 28.8. The molecule has 0 radical (unpaired) electrons. The zero-order chi connectivity index (χ0) is 20.1. The van der Waals surface area contributed by atoms with Gasteiger partial charge in [-0.3, -0.25) is 4.98 Å². The van der Waals surface area contributed by atoms with Crippen molar-refractivity contribution in [1.29, 1.82) is 0 Å². The molecule has 0 atom stereocenters. The van der Waals surface area contributed by atoms with Gasteiger partial charge in [0.05, 0.1) is 23.3 Å². The lowest BCUT2D eigenvalue weighted by Gasteiger charge is -2.52. The lowest BCUT2D eigenvalue weighted by molar-refractivity contribution is -0.0848. The van der Waals surface area contributed by atoms with Crippen molar-refractivity contribution in [1.82, 2.24) is 10.1 Å². The van der Waals surface area contributed by atoms with Crippen molar-refractivity contribution in [3.8, 4) is 11.3 Å². The second-order valence-corrected chi connectivity index (χ2v) is 10.1. The number of pyridine rings is 1. The maximum absolute atomic E-state index is 9.75.